The fourth-order valence-corrected chi connectivity index (χ4v) is 2.87. The third kappa shape index (κ3) is 2.44. The van der Waals surface area contributed by atoms with Gasteiger partial charge in [0.15, 0.2) is 5.65 Å². The van der Waals surface area contributed by atoms with Crippen molar-refractivity contribution in [1.82, 2.24) is 29.1 Å². The summed E-state index contributed by atoms with van der Waals surface area (Å²) in [6, 6.07) is 6.43. The monoisotopic (exact) mass is 322 g/mol. The molecule has 0 saturated carbocycles. The lowest BCUT2D eigenvalue weighted by molar-refractivity contribution is 0.628. The number of hydrogen-bond acceptors (Lipinski definition) is 4. The summed E-state index contributed by atoms with van der Waals surface area (Å²) in [5, 5.41) is 8.11. The van der Waals surface area contributed by atoms with Crippen LogP contribution in [0.1, 0.15) is 18.2 Å². The van der Waals surface area contributed by atoms with E-state index in [1.165, 1.54) is 12.1 Å². The summed E-state index contributed by atoms with van der Waals surface area (Å²) in [4.78, 5) is 8.90. The molecule has 0 N–H and O–H groups in total. The molecule has 0 bridgehead atoms. The molecule has 7 heteroatoms. The van der Waals surface area contributed by atoms with Crippen molar-refractivity contribution in [1.29, 1.82) is 0 Å². The molecule has 0 fully saturated rings. The Kier molecular flexibility index (Phi) is 3.53. The number of aryl methyl sites for hydroxylation is 1. The molecule has 0 radical (unpaired) electrons. The van der Waals surface area contributed by atoms with Crippen molar-refractivity contribution in [2.45, 2.75) is 19.9 Å². The van der Waals surface area contributed by atoms with Crippen LogP contribution in [-0.4, -0.2) is 29.1 Å². The van der Waals surface area contributed by atoms with Crippen LogP contribution in [0.25, 0.3) is 17.0 Å². The lowest BCUT2D eigenvalue weighted by Gasteiger charge is -2.11. The Morgan fingerprint density at radius 2 is 2.08 bits per heavy atom. The number of rotatable bonds is 4. The van der Waals surface area contributed by atoms with Crippen LogP contribution in [-0.2, 0) is 13.0 Å². The molecular formula is C17H15FN6. The maximum atomic E-state index is 13.5. The molecule has 4 aromatic rings. The smallest absolute Gasteiger partial charge is 0.166 e. The normalized spacial score (nSPS) is 11.2. The molecular weight excluding hydrogens is 307 g/mol. The van der Waals surface area contributed by atoms with Crippen molar-refractivity contribution in [3.63, 3.8) is 0 Å². The SMILES string of the molecule is CCc1c(Cn2ccnc2-c2cccc(F)c2)ncn2cnnc12. The number of nitrogens with zero attached hydrogens (tertiary/aromatic N) is 6. The minimum absolute atomic E-state index is 0.278. The number of fused-ring (bicyclic) bond motifs is 1. The predicted molar refractivity (Wildman–Crippen MR) is 86.9 cm³/mol. The fraction of sp³-hybridized carbons (Fsp3) is 0.176. The van der Waals surface area contributed by atoms with Gasteiger partial charge in [-0.3, -0.25) is 4.40 Å². The van der Waals surface area contributed by atoms with Gasteiger partial charge >= 0.3 is 0 Å². The predicted octanol–water partition coefficient (Wildman–Crippen LogP) is 2.74. The summed E-state index contributed by atoms with van der Waals surface area (Å²) >= 11 is 0. The van der Waals surface area contributed by atoms with Crippen LogP contribution in [0.4, 0.5) is 4.39 Å². The van der Waals surface area contributed by atoms with E-state index in [0.717, 1.165) is 28.9 Å². The van der Waals surface area contributed by atoms with Gasteiger partial charge in [0, 0.05) is 23.5 Å². The first-order valence-corrected chi connectivity index (χ1v) is 7.69. The molecule has 0 aliphatic carbocycles. The molecule has 4 rings (SSSR count). The highest BCUT2D eigenvalue weighted by atomic mass is 19.1. The summed E-state index contributed by atoms with van der Waals surface area (Å²) in [6.45, 7) is 2.61. The van der Waals surface area contributed by atoms with E-state index in [1.54, 1.807) is 24.9 Å². The molecule has 0 amide bonds. The fourth-order valence-electron chi connectivity index (χ4n) is 2.87. The van der Waals surface area contributed by atoms with Crippen molar-refractivity contribution in [2.24, 2.45) is 0 Å². The summed E-state index contributed by atoms with van der Waals surface area (Å²) < 4.78 is 17.3. The van der Waals surface area contributed by atoms with E-state index in [4.69, 9.17) is 0 Å². The Morgan fingerprint density at radius 1 is 1.17 bits per heavy atom. The zero-order chi connectivity index (χ0) is 16.5. The first kappa shape index (κ1) is 14.5. The topological polar surface area (TPSA) is 60.9 Å². The summed E-state index contributed by atoms with van der Waals surface area (Å²) in [6.07, 6.45) is 7.73. The first-order valence-electron chi connectivity index (χ1n) is 7.69. The minimum atomic E-state index is -0.278. The summed E-state index contributed by atoms with van der Waals surface area (Å²) in [5.74, 6) is 0.430. The Hall–Kier alpha value is -3.09. The molecule has 0 unspecified atom stereocenters. The van der Waals surface area contributed by atoms with Crippen LogP contribution in [0.15, 0.2) is 49.3 Å². The van der Waals surface area contributed by atoms with E-state index in [-0.39, 0.29) is 5.82 Å². The van der Waals surface area contributed by atoms with Crippen LogP contribution in [0.2, 0.25) is 0 Å². The highest BCUT2D eigenvalue weighted by Gasteiger charge is 2.13. The maximum Gasteiger partial charge on any atom is 0.166 e. The third-order valence-electron chi connectivity index (χ3n) is 4.00. The Labute approximate surface area is 137 Å². The van der Waals surface area contributed by atoms with Gasteiger partial charge in [0.1, 0.15) is 24.3 Å². The second-order valence-electron chi connectivity index (χ2n) is 5.47. The van der Waals surface area contributed by atoms with Crippen LogP contribution < -0.4 is 0 Å². The number of hydrogen-bond donors (Lipinski definition) is 0. The van der Waals surface area contributed by atoms with Gasteiger partial charge in [0.05, 0.1) is 12.2 Å². The van der Waals surface area contributed by atoms with Crippen molar-refractivity contribution in [3.8, 4) is 11.4 Å². The largest absolute Gasteiger partial charge is 0.325 e. The number of benzene rings is 1. The number of imidazole rings is 1. The maximum absolute atomic E-state index is 13.5. The molecule has 0 atom stereocenters. The van der Waals surface area contributed by atoms with Gasteiger partial charge in [-0.1, -0.05) is 19.1 Å². The van der Waals surface area contributed by atoms with Crippen molar-refractivity contribution in [2.75, 3.05) is 0 Å². The molecule has 0 saturated heterocycles. The van der Waals surface area contributed by atoms with Crippen LogP contribution >= 0.6 is 0 Å². The lowest BCUT2D eigenvalue weighted by Crippen LogP contribution is -2.08. The first-order chi connectivity index (χ1) is 11.8. The van der Waals surface area contributed by atoms with Gasteiger partial charge < -0.3 is 4.57 Å². The number of halogens is 1. The van der Waals surface area contributed by atoms with Crippen LogP contribution in [0.3, 0.4) is 0 Å². The van der Waals surface area contributed by atoms with Crippen LogP contribution in [0.5, 0.6) is 0 Å². The Bertz CT molecular complexity index is 1000. The highest BCUT2D eigenvalue weighted by molar-refractivity contribution is 5.56. The van der Waals surface area contributed by atoms with Crippen molar-refractivity contribution >= 4 is 5.65 Å². The van der Waals surface area contributed by atoms with Gasteiger partial charge in [-0.25, -0.2) is 14.4 Å². The molecule has 6 nitrogen and oxygen atoms in total. The van der Waals surface area contributed by atoms with Crippen molar-refractivity contribution in [3.05, 3.63) is 66.4 Å². The minimum Gasteiger partial charge on any atom is -0.325 e. The van der Waals surface area contributed by atoms with Gasteiger partial charge in [-0.15, -0.1) is 10.2 Å². The van der Waals surface area contributed by atoms with E-state index in [2.05, 4.69) is 27.1 Å². The second kappa shape index (κ2) is 5.84. The van der Waals surface area contributed by atoms with E-state index < -0.39 is 0 Å². The highest BCUT2D eigenvalue weighted by Crippen LogP contribution is 2.21. The molecule has 0 aliphatic rings. The third-order valence-corrected chi connectivity index (χ3v) is 4.00. The summed E-state index contributed by atoms with van der Waals surface area (Å²) in [7, 11) is 0. The van der Waals surface area contributed by atoms with Gasteiger partial charge in [-0.05, 0) is 18.6 Å². The van der Waals surface area contributed by atoms with Crippen molar-refractivity contribution < 1.29 is 4.39 Å². The number of aromatic nitrogens is 6. The summed E-state index contributed by atoms with van der Waals surface area (Å²) in [5.41, 5.74) is 3.51. The van der Waals surface area contributed by atoms with Crippen LogP contribution in [0, 0.1) is 5.82 Å². The zero-order valence-corrected chi connectivity index (χ0v) is 13.1. The van der Waals surface area contributed by atoms with E-state index in [0.29, 0.717) is 12.4 Å². The average molecular weight is 322 g/mol. The van der Waals surface area contributed by atoms with Gasteiger partial charge in [0.2, 0.25) is 0 Å². The average Bonchev–Trinajstić information content (AvgIpc) is 3.23. The Balaban J connectivity index is 1.76. The second-order valence-corrected chi connectivity index (χ2v) is 5.47. The molecule has 1 aromatic carbocycles. The molecule has 120 valence electrons. The molecule has 3 heterocycles. The standard InChI is InChI=1S/C17H15FN6/c1-2-14-15(20-10-24-11-21-22-17(14)24)9-23-7-6-19-16(23)12-4-3-5-13(18)8-12/h3-8,10-11H,2,9H2,1H3. The zero-order valence-electron chi connectivity index (χ0n) is 13.1. The van der Waals surface area contributed by atoms with E-state index in [1.807, 2.05) is 21.2 Å². The molecule has 24 heavy (non-hydrogen) atoms. The van der Waals surface area contributed by atoms with E-state index >= 15 is 0 Å². The molecule has 0 spiro atoms. The molecule has 0 aliphatic heterocycles. The van der Waals surface area contributed by atoms with E-state index in [9.17, 15) is 4.39 Å². The van der Waals surface area contributed by atoms with Gasteiger partial charge in [0.25, 0.3) is 0 Å². The Morgan fingerprint density at radius 3 is 2.92 bits per heavy atom. The van der Waals surface area contributed by atoms with Gasteiger partial charge in [-0.2, -0.15) is 0 Å². The quantitative estimate of drug-likeness (QED) is 0.579. The molecule has 3 aromatic heterocycles. The lowest BCUT2D eigenvalue weighted by atomic mass is 10.1.